The van der Waals surface area contributed by atoms with Crippen molar-refractivity contribution < 1.29 is 4.79 Å². The Balaban J connectivity index is 1.32. The number of anilines is 1. The fourth-order valence-corrected chi connectivity index (χ4v) is 4.64. The van der Waals surface area contributed by atoms with Gasteiger partial charge < -0.3 is 15.1 Å². The number of nitrogens with one attached hydrogen (secondary N) is 1. The van der Waals surface area contributed by atoms with Gasteiger partial charge in [0.15, 0.2) is 5.16 Å². The third kappa shape index (κ3) is 5.72. The van der Waals surface area contributed by atoms with Crippen LogP contribution in [0.1, 0.15) is 28.8 Å². The molecule has 2 aromatic carbocycles. The minimum Gasteiger partial charge on any atom is -0.354 e. The molecule has 5 rings (SSSR count). The van der Waals surface area contributed by atoms with E-state index in [1.165, 1.54) is 0 Å². The van der Waals surface area contributed by atoms with Crippen LogP contribution in [0.3, 0.4) is 0 Å². The van der Waals surface area contributed by atoms with Gasteiger partial charge in [-0.15, -0.1) is 0 Å². The Bertz CT molecular complexity index is 1090. The number of hydrogen-bond donors (Lipinski definition) is 1. The van der Waals surface area contributed by atoms with Crippen molar-refractivity contribution in [2.24, 2.45) is 0 Å². The standard InChI is InChI=1S/C26H29N5OS/c1-30-13-15-31(16-14-30)24-17-23(20-5-3-2-4-6-20)28-26(29-24)33-18-19-7-9-21(10-8-19)25(32)27-22-11-12-22/h2-10,17,22H,11-16,18H2,1H3,(H,27,32). The lowest BCUT2D eigenvalue weighted by atomic mass is 10.1. The maximum Gasteiger partial charge on any atom is 0.251 e. The lowest BCUT2D eigenvalue weighted by molar-refractivity contribution is 0.0951. The van der Waals surface area contributed by atoms with Crippen molar-refractivity contribution in [1.29, 1.82) is 0 Å². The van der Waals surface area contributed by atoms with Gasteiger partial charge in [0.25, 0.3) is 5.91 Å². The summed E-state index contributed by atoms with van der Waals surface area (Å²) in [6, 6.07) is 20.6. The molecule has 7 heteroatoms. The average Bonchev–Trinajstić information content (AvgIpc) is 3.68. The van der Waals surface area contributed by atoms with E-state index in [1.54, 1.807) is 11.8 Å². The summed E-state index contributed by atoms with van der Waals surface area (Å²) in [7, 11) is 2.16. The van der Waals surface area contributed by atoms with Gasteiger partial charge in [0.2, 0.25) is 0 Å². The van der Waals surface area contributed by atoms with Crippen LogP contribution < -0.4 is 10.2 Å². The van der Waals surface area contributed by atoms with Gasteiger partial charge in [-0.1, -0.05) is 54.2 Å². The Morgan fingerprint density at radius 1 is 1.00 bits per heavy atom. The van der Waals surface area contributed by atoms with Crippen molar-refractivity contribution in [3.8, 4) is 11.3 Å². The Hall–Kier alpha value is -2.90. The molecule has 1 aliphatic heterocycles. The van der Waals surface area contributed by atoms with Crippen molar-refractivity contribution in [2.75, 3.05) is 38.1 Å². The number of nitrogens with zero attached hydrogens (tertiary/aromatic N) is 4. The minimum absolute atomic E-state index is 0.0208. The summed E-state index contributed by atoms with van der Waals surface area (Å²) < 4.78 is 0. The summed E-state index contributed by atoms with van der Waals surface area (Å²) in [4.78, 5) is 26.7. The lowest BCUT2D eigenvalue weighted by Crippen LogP contribution is -2.44. The summed E-state index contributed by atoms with van der Waals surface area (Å²) in [5.74, 6) is 1.77. The van der Waals surface area contributed by atoms with Crippen molar-refractivity contribution in [2.45, 2.75) is 29.8 Å². The van der Waals surface area contributed by atoms with E-state index in [1.807, 2.05) is 42.5 Å². The SMILES string of the molecule is CN1CCN(c2cc(-c3ccccc3)nc(SCc3ccc(C(=O)NC4CC4)cc3)n2)CC1. The number of amides is 1. The predicted molar refractivity (Wildman–Crippen MR) is 134 cm³/mol. The second-order valence-electron chi connectivity index (χ2n) is 8.78. The summed E-state index contributed by atoms with van der Waals surface area (Å²) in [5, 5.41) is 3.82. The van der Waals surface area contributed by atoms with Gasteiger partial charge in [0.05, 0.1) is 5.69 Å². The highest BCUT2D eigenvalue weighted by atomic mass is 32.2. The highest BCUT2D eigenvalue weighted by Gasteiger charge is 2.23. The van der Waals surface area contributed by atoms with Crippen molar-refractivity contribution in [3.63, 3.8) is 0 Å². The van der Waals surface area contributed by atoms with Crippen LogP contribution in [0.15, 0.2) is 65.8 Å². The van der Waals surface area contributed by atoms with E-state index in [9.17, 15) is 4.79 Å². The van der Waals surface area contributed by atoms with Gasteiger partial charge in [0, 0.05) is 55.2 Å². The molecule has 0 unspecified atom stereocenters. The van der Waals surface area contributed by atoms with Crippen LogP contribution >= 0.6 is 11.8 Å². The van der Waals surface area contributed by atoms with Gasteiger partial charge >= 0.3 is 0 Å². The molecule has 1 saturated carbocycles. The fourth-order valence-electron chi connectivity index (χ4n) is 3.83. The van der Waals surface area contributed by atoms with Crippen LogP contribution in [-0.4, -0.2) is 60.0 Å². The van der Waals surface area contributed by atoms with Crippen LogP contribution in [-0.2, 0) is 5.75 Å². The number of rotatable bonds is 7. The molecule has 2 fully saturated rings. The first-order valence-electron chi connectivity index (χ1n) is 11.5. The molecule has 3 aromatic rings. The molecule has 0 spiro atoms. The molecule has 0 radical (unpaired) electrons. The van der Waals surface area contributed by atoms with Crippen LogP contribution in [0, 0.1) is 0 Å². The first kappa shape index (κ1) is 21.9. The summed E-state index contributed by atoms with van der Waals surface area (Å²) in [6.07, 6.45) is 2.19. The highest BCUT2D eigenvalue weighted by molar-refractivity contribution is 7.98. The van der Waals surface area contributed by atoms with Gasteiger partial charge in [-0.2, -0.15) is 0 Å². The second kappa shape index (κ2) is 9.93. The molecular formula is C26H29N5OS. The van der Waals surface area contributed by atoms with E-state index in [0.717, 1.165) is 78.1 Å². The zero-order valence-corrected chi connectivity index (χ0v) is 19.7. The smallest absolute Gasteiger partial charge is 0.251 e. The predicted octanol–water partition coefficient (Wildman–Crippen LogP) is 4.08. The molecule has 1 N–H and O–H groups in total. The fraction of sp³-hybridized carbons (Fsp3) is 0.346. The van der Waals surface area contributed by atoms with Crippen LogP contribution in [0.25, 0.3) is 11.3 Å². The van der Waals surface area contributed by atoms with E-state index in [0.29, 0.717) is 6.04 Å². The number of aromatic nitrogens is 2. The van der Waals surface area contributed by atoms with Crippen molar-refractivity contribution >= 4 is 23.5 Å². The molecule has 1 aliphatic carbocycles. The normalized spacial score (nSPS) is 16.6. The van der Waals surface area contributed by atoms with Crippen LogP contribution in [0.2, 0.25) is 0 Å². The first-order valence-corrected chi connectivity index (χ1v) is 12.5. The third-order valence-corrected chi connectivity index (χ3v) is 7.00. The average molecular weight is 460 g/mol. The maximum atomic E-state index is 12.2. The highest BCUT2D eigenvalue weighted by Crippen LogP contribution is 2.28. The molecule has 6 nitrogen and oxygen atoms in total. The lowest BCUT2D eigenvalue weighted by Gasteiger charge is -2.33. The molecule has 1 aromatic heterocycles. The third-order valence-electron chi connectivity index (χ3n) is 6.09. The van der Waals surface area contributed by atoms with Gasteiger partial charge in [-0.3, -0.25) is 4.79 Å². The van der Waals surface area contributed by atoms with E-state index < -0.39 is 0 Å². The topological polar surface area (TPSA) is 61.4 Å². The Morgan fingerprint density at radius 3 is 2.42 bits per heavy atom. The number of hydrogen-bond acceptors (Lipinski definition) is 6. The van der Waals surface area contributed by atoms with E-state index in [4.69, 9.17) is 9.97 Å². The van der Waals surface area contributed by atoms with Gasteiger partial charge in [-0.05, 0) is 37.6 Å². The van der Waals surface area contributed by atoms with Crippen molar-refractivity contribution in [1.82, 2.24) is 20.2 Å². The second-order valence-corrected chi connectivity index (χ2v) is 9.73. The summed E-state index contributed by atoms with van der Waals surface area (Å²) in [5.41, 5.74) is 3.92. The van der Waals surface area contributed by atoms with Crippen LogP contribution in [0.5, 0.6) is 0 Å². The maximum absolute atomic E-state index is 12.2. The van der Waals surface area contributed by atoms with E-state index in [-0.39, 0.29) is 5.91 Å². The Labute approximate surface area is 199 Å². The Morgan fingerprint density at radius 2 is 1.73 bits per heavy atom. The molecule has 1 amide bonds. The van der Waals surface area contributed by atoms with E-state index in [2.05, 4.69) is 40.4 Å². The molecule has 2 aliphatic rings. The molecule has 0 bridgehead atoms. The molecule has 170 valence electrons. The zero-order valence-electron chi connectivity index (χ0n) is 18.9. The molecule has 0 atom stereocenters. The first-order chi connectivity index (χ1) is 16.1. The monoisotopic (exact) mass is 459 g/mol. The minimum atomic E-state index is 0.0208. The van der Waals surface area contributed by atoms with Crippen LogP contribution in [0.4, 0.5) is 5.82 Å². The number of thioether (sulfide) groups is 1. The number of likely N-dealkylation sites (N-methyl/N-ethyl adjacent to an activating group) is 1. The largest absolute Gasteiger partial charge is 0.354 e. The summed E-state index contributed by atoms with van der Waals surface area (Å²) >= 11 is 1.64. The molecular weight excluding hydrogens is 430 g/mol. The van der Waals surface area contributed by atoms with E-state index >= 15 is 0 Å². The quantitative estimate of drug-likeness (QED) is 0.424. The molecule has 33 heavy (non-hydrogen) atoms. The van der Waals surface area contributed by atoms with Crippen molar-refractivity contribution in [3.05, 3.63) is 71.8 Å². The molecule has 2 heterocycles. The Kier molecular flexibility index (Phi) is 6.60. The number of benzene rings is 2. The number of carbonyl (C=O) groups is 1. The number of carbonyl (C=O) groups excluding carboxylic acids is 1. The van der Waals surface area contributed by atoms with Gasteiger partial charge in [0.1, 0.15) is 5.82 Å². The zero-order chi connectivity index (χ0) is 22.6. The number of piperazine rings is 1. The molecule has 1 saturated heterocycles. The van der Waals surface area contributed by atoms with Gasteiger partial charge in [-0.25, -0.2) is 9.97 Å². The summed E-state index contributed by atoms with van der Waals surface area (Å²) in [6.45, 7) is 4.01.